The van der Waals surface area contributed by atoms with Crippen molar-refractivity contribution in [3.8, 4) is 5.75 Å². The molecule has 5 heteroatoms. The van der Waals surface area contributed by atoms with Crippen LogP contribution in [0.5, 0.6) is 5.75 Å². The van der Waals surface area contributed by atoms with Crippen LogP contribution in [0.3, 0.4) is 0 Å². The summed E-state index contributed by atoms with van der Waals surface area (Å²) in [6, 6.07) is 5.81. The molecule has 0 atom stereocenters. The molecule has 0 saturated carbocycles. The molecule has 80 valence electrons. The molecule has 1 aromatic rings. The Balaban J connectivity index is 2.12. The van der Waals surface area contributed by atoms with Gasteiger partial charge in [0.1, 0.15) is 5.75 Å². The van der Waals surface area contributed by atoms with E-state index in [9.17, 15) is 0 Å². The van der Waals surface area contributed by atoms with Gasteiger partial charge in [-0.3, -0.25) is 4.99 Å². The Morgan fingerprint density at radius 2 is 2.40 bits per heavy atom. The Morgan fingerprint density at radius 1 is 1.53 bits per heavy atom. The highest BCUT2D eigenvalue weighted by molar-refractivity contribution is 9.10. The number of hydrogen-bond acceptors (Lipinski definition) is 4. The van der Waals surface area contributed by atoms with Gasteiger partial charge in [0, 0.05) is 12.2 Å². The highest BCUT2D eigenvalue weighted by atomic mass is 79.9. The van der Waals surface area contributed by atoms with E-state index in [1.165, 1.54) is 0 Å². The minimum atomic E-state index is 0.821. The summed E-state index contributed by atoms with van der Waals surface area (Å²) in [5.41, 5.74) is 0.982. The highest BCUT2D eigenvalue weighted by Gasteiger charge is 2.06. The number of aliphatic imine (C=N–C) groups is 1. The van der Waals surface area contributed by atoms with E-state index in [1.807, 2.05) is 18.2 Å². The van der Waals surface area contributed by atoms with E-state index in [0.717, 1.165) is 35.0 Å². The molecule has 0 amide bonds. The van der Waals surface area contributed by atoms with Gasteiger partial charge in [0.05, 0.1) is 18.1 Å². The topological polar surface area (TPSA) is 45.6 Å². The van der Waals surface area contributed by atoms with Gasteiger partial charge in [0.15, 0.2) is 5.96 Å². The number of guanidine groups is 1. The number of halogens is 1. The van der Waals surface area contributed by atoms with E-state index in [4.69, 9.17) is 4.74 Å². The van der Waals surface area contributed by atoms with Crippen LogP contribution in [0.1, 0.15) is 0 Å². The van der Waals surface area contributed by atoms with Gasteiger partial charge in [-0.25, -0.2) is 0 Å². The van der Waals surface area contributed by atoms with Crippen LogP contribution in [0.2, 0.25) is 0 Å². The van der Waals surface area contributed by atoms with Crippen LogP contribution in [-0.4, -0.2) is 26.2 Å². The summed E-state index contributed by atoms with van der Waals surface area (Å²) in [5, 5.41) is 6.33. The van der Waals surface area contributed by atoms with Gasteiger partial charge >= 0.3 is 0 Å². The van der Waals surface area contributed by atoms with E-state index in [1.54, 1.807) is 7.11 Å². The summed E-state index contributed by atoms with van der Waals surface area (Å²) < 4.78 is 6.07. The second-order valence-corrected chi connectivity index (χ2v) is 3.99. The second-order valence-electron chi connectivity index (χ2n) is 3.13. The third kappa shape index (κ3) is 2.41. The van der Waals surface area contributed by atoms with Crippen molar-refractivity contribution in [3.63, 3.8) is 0 Å². The maximum Gasteiger partial charge on any atom is 0.195 e. The van der Waals surface area contributed by atoms with Gasteiger partial charge in [0.2, 0.25) is 0 Å². The molecule has 15 heavy (non-hydrogen) atoms. The minimum absolute atomic E-state index is 0.821. The summed E-state index contributed by atoms with van der Waals surface area (Å²) >= 11 is 3.43. The largest absolute Gasteiger partial charge is 0.496 e. The third-order valence-electron chi connectivity index (χ3n) is 2.09. The lowest BCUT2D eigenvalue weighted by Gasteiger charge is -2.08. The summed E-state index contributed by atoms with van der Waals surface area (Å²) in [6.07, 6.45) is 0. The number of anilines is 1. The highest BCUT2D eigenvalue weighted by Crippen LogP contribution is 2.27. The maximum absolute atomic E-state index is 5.15. The van der Waals surface area contributed by atoms with Crippen molar-refractivity contribution in [2.24, 2.45) is 4.99 Å². The Kier molecular flexibility index (Phi) is 3.11. The van der Waals surface area contributed by atoms with Gasteiger partial charge in [-0.15, -0.1) is 0 Å². The predicted octanol–water partition coefficient (Wildman–Crippen LogP) is 1.83. The maximum atomic E-state index is 5.15. The number of nitrogens with one attached hydrogen (secondary N) is 2. The van der Waals surface area contributed by atoms with E-state index in [-0.39, 0.29) is 0 Å². The Bertz CT molecular complexity index is 392. The molecule has 4 nitrogen and oxygen atoms in total. The third-order valence-corrected chi connectivity index (χ3v) is 2.71. The van der Waals surface area contributed by atoms with E-state index in [2.05, 4.69) is 31.6 Å². The first-order valence-corrected chi connectivity index (χ1v) is 5.48. The Morgan fingerprint density at radius 3 is 3.00 bits per heavy atom. The first kappa shape index (κ1) is 10.3. The van der Waals surface area contributed by atoms with Crippen LogP contribution in [0.25, 0.3) is 0 Å². The zero-order valence-corrected chi connectivity index (χ0v) is 9.97. The lowest BCUT2D eigenvalue weighted by atomic mass is 10.3. The molecule has 0 aliphatic carbocycles. The van der Waals surface area contributed by atoms with Crippen molar-refractivity contribution in [3.05, 3.63) is 22.7 Å². The number of nitrogens with zero attached hydrogens (tertiary/aromatic N) is 1. The van der Waals surface area contributed by atoms with Gasteiger partial charge in [-0.1, -0.05) is 0 Å². The van der Waals surface area contributed by atoms with Crippen molar-refractivity contribution in [1.82, 2.24) is 5.32 Å². The number of ether oxygens (including phenoxy) is 1. The SMILES string of the molecule is COc1ccc(NC2=NCCN2)cc1Br. The lowest BCUT2D eigenvalue weighted by Crippen LogP contribution is -2.26. The van der Waals surface area contributed by atoms with Crippen LogP contribution < -0.4 is 15.4 Å². The normalized spacial score (nSPS) is 14.4. The van der Waals surface area contributed by atoms with Gasteiger partial charge < -0.3 is 15.4 Å². The molecule has 0 unspecified atom stereocenters. The number of benzene rings is 1. The van der Waals surface area contributed by atoms with Crippen LogP contribution in [0, 0.1) is 0 Å². The Hall–Kier alpha value is -1.23. The number of methoxy groups -OCH3 is 1. The van der Waals surface area contributed by atoms with Crippen molar-refractivity contribution in [1.29, 1.82) is 0 Å². The Labute approximate surface area is 96.9 Å². The molecule has 0 radical (unpaired) electrons. The molecule has 0 aromatic heterocycles. The van der Waals surface area contributed by atoms with Crippen molar-refractivity contribution in [2.45, 2.75) is 0 Å². The fourth-order valence-corrected chi connectivity index (χ4v) is 1.90. The van der Waals surface area contributed by atoms with Crippen LogP contribution >= 0.6 is 15.9 Å². The zero-order valence-electron chi connectivity index (χ0n) is 8.38. The first-order valence-electron chi connectivity index (χ1n) is 4.68. The first-order chi connectivity index (χ1) is 7.29. The van der Waals surface area contributed by atoms with Gasteiger partial charge in [-0.2, -0.15) is 0 Å². The standard InChI is InChI=1S/C10H12BrN3O/c1-15-9-3-2-7(6-8(9)11)14-10-12-4-5-13-10/h2-3,6H,4-5H2,1H3,(H2,12,13,14). The monoisotopic (exact) mass is 269 g/mol. The molecule has 0 bridgehead atoms. The summed E-state index contributed by atoms with van der Waals surface area (Å²) in [6.45, 7) is 1.74. The second kappa shape index (κ2) is 4.53. The summed E-state index contributed by atoms with van der Waals surface area (Å²) in [7, 11) is 1.65. The van der Waals surface area contributed by atoms with E-state index < -0.39 is 0 Å². The lowest BCUT2D eigenvalue weighted by molar-refractivity contribution is 0.412. The summed E-state index contributed by atoms with van der Waals surface area (Å²) in [4.78, 5) is 4.25. The molecule has 1 aliphatic heterocycles. The van der Waals surface area contributed by atoms with Crippen LogP contribution in [-0.2, 0) is 0 Å². The molecule has 0 saturated heterocycles. The molecule has 0 fully saturated rings. The minimum Gasteiger partial charge on any atom is -0.496 e. The smallest absolute Gasteiger partial charge is 0.195 e. The molecular formula is C10H12BrN3O. The van der Waals surface area contributed by atoms with Crippen LogP contribution in [0.15, 0.2) is 27.7 Å². The van der Waals surface area contributed by atoms with E-state index >= 15 is 0 Å². The molecule has 1 aliphatic rings. The molecule has 2 N–H and O–H groups in total. The molecular weight excluding hydrogens is 258 g/mol. The summed E-state index contributed by atoms with van der Waals surface area (Å²) in [5.74, 6) is 1.65. The molecule has 2 rings (SSSR count). The fourth-order valence-electron chi connectivity index (χ4n) is 1.36. The van der Waals surface area contributed by atoms with Gasteiger partial charge in [-0.05, 0) is 34.1 Å². The number of hydrogen-bond donors (Lipinski definition) is 2. The molecule has 1 heterocycles. The molecule has 1 aromatic carbocycles. The molecule has 0 spiro atoms. The van der Waals surface area contributed by atoms with Crippen molar-refractivity contribution in [2.75, 3.05) is 25.5 Å². The predicted molar refractivity (Wildman–Crippen MR) is 64.6 cm³/mol. The van der Waals surface area contributed by atoms with Gasteiger partial charge in [0.25, 0.3) is 0 Å². The van der Waals surface area contributed by atoms with Crippen LogP contribution in [0.4, 0.5) is 5.69 Å². The quantitative estimate of drug-likeness (QED) is 0.861. The van der Waals surface area contributed by atoms with E-state index in [0.29, 0.717) is 0 Å². The zero-order chi connectivity index (χ0) is 10.7. The fraction of sp³-hybridized carbons (Fsp3) is 0.300. The van der Waals surface area contributed by atoms with Crippen molar-refractivity contribution < 1.29 is 4.74 Å². The average molecular weight is 270 g/mol. The number of rotatable bonds is 2. The van der Waals surface area contributed by atoms with Crippen molar-refractivity contribution >= 4 is 27.6 Å². The average Bonchev–Trinajstić information content (AvgIpc) is 2.71.